The van der Waals surface area contributed by atoms with Crippen LogP contribution >= 0.6 is 24.0 Å². The van der Waals surface area contributed by atoms with Gasteiger partial charge in [-0.2, -0.15) is 0 Å². The van der Waals surface area contributed by atoms with Gasteiger partial charge in [-0.15, -0.1) is 34.2 Å². The first-order valence-electron chi connectivity index (χ1n) is 8.38. The number of hydrogen-bond donors (Lipinski definition) is 2. The molecule has 2 rings (SSSR count). The summed E-state index contributed by atoms with van der Waals surface area (Å²) in [5, 5.41) is 15.1. The Labute approximate surface area is 164 Å². The molecule has 1 aromatic heterocycles. The molecule has 0 aromatic carbocycles. The van der Waals surface area contributed by atoms with Crippen molar-refractivity contribution in [2.75, 3.05) is 12.8 Å². The highest BCUT2D eigenvalue weighted by Gasteiger charge is 2.26. The summed E-state index contributed by atoms with van der Waals surface area (Å²) in [5.74, 6) is 2.41. The molecule has 3 unspecified atom stereocenters. The zero-order valence-electron chi connectivity index (χ0n) is 14.7. The number of nitrogens with one attached hydrogen (secondary N) is 2. The average Bonchev–Trinajstić information content (AvgIpc) is 3.05. The van der Waals surface area contributed by atoms with Crippen molar-refractivity contribution in [2.45, 2.75) is 63.9 Å². The molecule has 0 bridgehead atoms. The predicted octanol–water partition coefficient (Wildman–Crippen LogP) is 1.66. The number of hydrogen-bond acceptors (Lipinski definition) is 4. The minimum Gasteiger partial charge on any atom is -0.354 e. The van der Waals surface area contributed by atoms with Crippen molar-refractivity contribution in [3.63, 3.8) is 0 Å². The molecular weight excluding hydrogens is 439 g/mol. The van der Waals surface area contributed by atoms with Gasteiger partial charge in [0.15, 0.2) is 11.8 Å². The van der Waals surface area contributed by atoms with Crippen LogP contribution in [0.1, 0.15) is 45.4 Å². The fraction of sp³-hybridized carbons (Fsp3) is 0.800. The Kier molecular flexibility index (Phi) is 9.79. The second-order valence-electron chi connectivity index (χ2n) is 5.76. The van der Waals surface area contributed by atoms with Gasteiger partial charge in [0.25, 0.3) is 0 Å². The smallest absolute Gasteiger partial charge is 0.191 e. The highest BCUT2D eigenvalue weighted by molar-refractivity contribution is 14.0. The molecule has 1 saturated carbocycles. The fourth-order valence-corrected chi connectivity index (χ4v) is 4.33. The molecule has 1 heterocycles. The van der Waals surface area contributed by atoms with Gasteiger partial charge in [-0.3, -0.25) is 9.20 Å². The molecule has 0 amide bonds. The van der Waals surface area contributed by atoms with Gasteiger partial charge in [-0.05, 0) is 26.2 Å². The van der Waals surface area contributed by atoms with E-state index >= 15 is 0 Å². The van der Waals surface area contributed by atoms with Crippen LogP contribution in [0.4, 0.5) is 0 Å². The normalized spacial score (nSPS) is 22.5. The summed E-state index contributed by atoms with van der Waals surface area (Å²) < 4.78 is 14.0. The van der Waals surface area contributed by atoms with Crippen LogP contribution in [0, 0.1) is 0 Å². The van der Waals surface area contributed by atoms with Crippen LogP contribution < -0.4 is 10.6 Å². The monoisotopic (exact) mass is 468 g/mol. The lowest BCUT2D eigenvalue weighted by Crippen LogP contribution is -2.46. The van der Waals surface area contributed by atoms with E-state index in [0.717, 1.165) is 49.8 Å². The van der Waals surface area contributed by atoms with Gasteiger partial charge in [-0.1, -0.05) is 13.3 Å². The molecule has 0 radical (unpaired) electrons. The van der Waals surface area contributed by atoms with Crippen molar-refractivity contribution >= 4 is 40.7 Å². The van der Waals surface area contributed by atoms with Crippen LogP contribution in [-0.4, -0.2) is 49.0 Å². The van der Waals surface area contributed by atoms with Gasteiger partial charge in [-0.25, -0.2) is 0 Å². The maximum absolute atomic E-state index is 12.0. The number of guanidine groups is 1. The highest BCUT2D eigenvalue weighted by Crippen LogP contribution is 2.22. The molecule has 138 valence electrons. The Morgan fingerprint density at radius 1 is 1.46 bits per heavy atom. The number of rotatable bonds is 6. The lowest BCUT2D eigenvalue weighted by Gasteiger charge is -2.30. The number of aromatic nitrogens is 3. The first-order valence-corrected chi connectivity index (χ1v) is 9.77. The quantitative estimate of drug-likeness (QED) is 0.377. The summed E-state index contributed by atoms with van der Waals surface area (Å²) >= 11 is 0. The number of nitrogens with zero attached hydrogens (tertiary/aromatic N) is 4. The Hall–Kier alpha value is -0.710. The van der Waals surface area contributed by atoms with E-state index in [1.54, 1.807) is 13.4 Å². The SMILES string of the molecule is CCn1cnnc1CNC(=NC)NC1CCCC(S(=O)CC)C1.I. The topological polar surface area (TPSA) is 84.2 Å². The average molecular weight is 468 g/mol. The summed E-state index contributed by atoms with van der Waals surface area (Å²) in [6.07, 6.45) is 5.98. The Balaban J connectivity index is 0.00000288. The zero-order chi connectivity index (χ0) is 16.7. The van der Waals surface area contributed by atoms with Crippen molar-refractivity contribution < 1.29 is 4.21 Å². The van der Waals surface area contributed by atoms with E-state index in [2.05, 4.69) is 32.7 Å². The van der Waals surface area contributed by atoms with Gasteiger partial charge >= 0.3 is 0 Å². The molecule has 1 fully saturated rings. The van der Waals surface area contributed by atoms with Crippen LogP contribution in [0.3, 0.4) is 0 Å². The maximum atomic E-state index is 12.0. The van der Waals surface area contributed by atoms with Gasteiger partial charge < -0.3 is 15.2 Å². The molecule has 7 nitrogen and oxygen atoms in total. The van der Waals surface area contributed by atoms with Crippen LogP contribution in [0.2, 0.25) is 0 Å². The minimum absolute atomic E-state index is 0. The number of aryl methyl sites for hydroxylation is 1. The predicted molar refractivity (Wildman–Crippen MR) is 109 cm³/mol. The van der Waals surface area contributed by atoms with E-state index in [0.29, 0.717) is 17.8 Å². The van der Waals surface area contributed by atoms with Crippen LogP contribution in [0.5, 0.6) is 0 Å². The third-order valence-electron chi connectivity index (χ3n) is 4.30. The van der Waals surface area contributed by atoms with E-state index in [-0.39, 0.29) is 24.0 Å². The standard InChI is InChI=1S/C15H28N6OS.HI/c1-4-21-11-18-20-14(21)10-17-15(16-3)19-12-7-6-8-13(9-12)23(22)5-2;/h11-13H,4-10H2,1-3H3,(H2,16,17,19);1H. The van der Waals surface area contributed by atoms with E-state index in [9.17, 15) is 4.21 Å². The Bertz CT molecular complexity index is 550. The third kappa shape index (κ3) is 5.98. The van der Waals surface area contributed by atoms with Crippen LogP contribution in [0.15, 0.2) is 11.3 Å². The summed E-state index contributed by atoms with van der Waals surface area (Å²) in [5.41, 5.74) is 0. The molecule has 24 heavy (non-hydrogen) atoms. The van der Waals surface area contributed by atoms with E-state index in [1.807, 2.05) is 11.5 Å². The van der Waals surface area contributed by atoms with Crippen molar-refractivity contribution in [3.8, 4) is 0 Å². The molecule has 1 aromatic rings. The Morgan fingerprint density at radius 3 is 2.92 bits per heavy atom. The fourth-order valence-electron chi connectivity index (χ4n) is 2.98. The van der Waals surface area contributed by atoms with Gasteiger partial charge in [0.05, 0.1) is 6.54 Å². The molecule has 0 spiro atoms. The first kappa shape index (κ1) is 21.3. The van der Waals surface area contributed by atoms with Crippen LogP contribution in [0.25, 0.3) is 0 Å². The molecule has 0 aliphatic heterocycles. The van der Waals surface area contributed by atoms with Crippen molar-refractivity contribution in [3.05, 3.63) is 12.2 Å². The van der Waals surface area contributed by atoms with Crippen molar-refractivity contribution in [1.82, 2.24) is 25.4 Å². The zero-order valence-corrected chi connectivity index (χ0v) is 17.8. The van der Waals surface area contributed by atoms with Gasteiger partial charge in [0, 0.05) is 41.4 Å². The van der Waals surface area contributed by atoms with E-state index < -0.39 is 10.8 Å². The first-order chi connectivity index (χ1) is 11.2. The number of halogens is 1. The van der Waals surface area contributed by atoms with Crippen molar-refractivity contribution in [1.29, 1.82) is 0 Å². The van der Waals surface area contributed by atoms with Gasteiger partial charge in [0.2, 0.25) is 0 Å². The molecule has 2 N–H and O–H groups in total. The minimum atomic E-state index is -0.705. The van der Waals surface area contributed by atoms with Crippen molar-refractivity contribution in [2.24, 2.45) is 4.99 Å². The maximum Gasteiger partial charge on any atom is 0.191 e. The summed E-state index contributed by atoms with van der Waals surface area (Å²) in [4.78, 5) is 4.29. The summed E-state index contributed by atoms with van der Waals surface area (Å²) in [7, 11) is 1.06. The molecule has 0 saturated heterocycles. The second kappa shape index (κ2) is 11.0. The van der Waals surface area contributed by atoms with Gasteiger partial charge in [0.1, 0.15) is 6.33 Å². The molecular formula is C15H29IN6OS. The third-order valence-corrected chi connectivity index (χ3v) is 6.04. The Morgan fingerprint density at radius 2 is 2.25 bits per heavy atom. The largest absolute Gasteiger partial charge is 0.354 e. The highest BCUT2D eigenvalue weighted by atomic mass is 127. The summed E-state index contributed by atoms with van der Waals surface area (Å²) in [6, 6.07) is 0.333. The number of aliphatic imine (C=N–C) groups is 1. The van der Waals surface area contributed by atoms with E-state index in [1.165, 1.54) is 0 Å². The molecule has 3 atom stereocenters. The summed E-state index contributed by atoms with van der Waals surface area (Å²) in [6.45, 7) is 5.50. The lowest BCUT2D eigenvalue weighted by atomic mass is 9.95. The van der Waals surface area contributed by atoms with Crippen LogP contribution in [-0.2, 0) is 23.9 Å². The molecule has 9 heteroatoms. The second-order valence-corrected chi connectivity index (χ2v) is 7.76. The molecule has 1 aliphatic rings. The van der Waals surface area contributed by atoms with E-state index in [4.69, 9.17) is 0 Å². The molecule has 1 aliphatic carbocycles. The lowest BCUT2D eigenvalue weighted by molar-refractivity contribution is 0.413.